The van der Waals surface area contributed by atoms with Crippen molar-refractivity contribution in [2.75, 3.05) is 33.0 Å². The van der Waals surface area contributed by atoms with Crippen LogP contribution in [0.1, 0.15) is 258 Å². The number of unbranched alkanes of at least 4 members (excludes halogenated alkanes) is 35. The van der Waals surface area contributed by atoms with Crippen molar-refractivity contribution in [3.05, 3.63) is 0 Å². The highest BCUT2D eigenvalue weighted by Crippen LogP contribution is 2.43. The molecule has 2 atom stereocenters. The maximum atomic E-state index is 12.6. The third kappa shape index (κ3) is 44.6. The molecule has 0 radical (unpaired) electrons. The van der Waals surface area contributed by atoms with Gasteiger partial charge in [-0.25, -0.2) is 4.57 Å². The van der Waals surface area contributed by atoms with E-state index in [0.717, 1.165) is 32.1 Å². The van der Waals surface area contributed by atoms with Gasteiger partial charge in [0.1, 0.15) is 6.10 Å². The van der Waals surface area contributed by atoms with Crippen LogP contribution in [0.5, 0.6) is 0 Å². The Balaban J connectivity index is 3.90. The predicted molar refractivity (Wildman–Crippen MR) is 238 cm³/mol. The first-order valence-electron chi connectivity index (χ1n) is 24.5. The normalized spacial score (nSPS) is 13.3. The molecule has 0 spiro atoms. The van der Waals surface area contributed by atoms with Crippen LogP contribution in [-0.4, -0.2) is 49.9 Å². The number of hydrogen-bond donors (Lipinski definition) is 2. The van der Waals surface area contributed by atoms with Crippen molar-refractivity contribution in [3.63, 3.8) is 0 Å². The van der Waals surface area contributed by atoms with Gasteiger partial charge in [-0.15, -0.1) is 0 Å². The van der Waals surface area contributed by atoms with E-state index in [4.69, 9.17) is 24.3 Å². The second-order valence-electron chi connectivity index (χ2n) is 16.7. The molecule has 336 valence electrons. The molecule has 0 aliphatic heterocycles. The van der Waals surface area contributed by atoms with Gasteiger partial charge in [0, 0.05) is 19.6 Å². The van der Waals surface area contributed by atoms with Crippen molar-refractivity contribution in [3.8, 4) is 0 Å². The van der Waals surface area contributed by atoms with E-state index in [1.165, 1.54) is 205 Å². The summed E-state index contributed by atoms with van der Waals surface area (Å²) in [6.45, 7) is 5.00. The minimum absolute atomic E-state index is 0.0898. The first-order valence-corrected chi connectivity index (χ1v) is 26.0. The fourth-order valence-electron chi connectivity index (χ4n) is 7.41. The minimum Gasteiger partial charge on any atom is -0.457 e. The van der Waals surface area contributed by atoms with Crippen LogP contribution < -0.4 is 5.73 Å². The molecule has 0 aromatic heterocycles. The number of carbonyl (C=O) groups excluding carboxylic acids is 1. The third-order valence-electron chi connectivity index (χ3n) is 11.0. The summed E-state index contributed by atoms with van der Waals surface area (Å²) in [6, 6.07) is 0. The first kappa shape index (κ1) is 55.5. The maximum Gasteiger partial charge on any atom is 0.472 e. The molecule has 0 aromatic carbocycles. The van der Waals surface area contributed by atoms with Gasteiger partial charge < -0.3 is 20.1 Å². The molecule has 9 heteroatoms. The highest BCUT2D eigenvalue weighted by Gasteiger charge is 2.25. The first-order chi connectivity index (χ1) is 27.4. The molecule has 0 aliphatic rings. The van der Waals surface area contributed by atoms with Crippen molar-refractivity contribution in [2.45, 2.75) is 264 Å². The summed E-state index contributed by atoms with van der Waals surface area (Å²) in [7, 11) is -4.27. The Bertz CT molecular complexity index is 832. The van der Waals surface area contributed by atoms with Crippen LogP contribution in [0.2, 0.25) is 0 Å². The molecule has 0 aromatic rings. The Kier molecular flexibility index (Phi) is 45.2. The summed E-state index contributed by atoms with van der Waals surface area (Å²) in [5, 5.41) is 0. The monoisotopic (exact) mass is 818 g/mol. The number of nitrogens with two attached hydrogens (primary N) is 1. The average Bonchev–Trinajstić information content (AvgIpc) is 3.19. The molecule has 0 heterocycles. The molecule has 0 amide bonds. The molecular weight excluding hydrogens is 721 g/mol. The van der Waals surface area contributed by atoms with Gasteiger partial charge in [0.25, 0.3) is 0 Å². The van der Waals surface area contributed by atoms with Gasteiger partial charge in [0.05, 0.1) is 19.8 Å². The van der Waals surface area contributed by atoms with E-state index in [-0.39, 0.29) is 32.3 Å². The smallest absolute Gasteiger partial charge is 0.457 e. The van der Waals surface area contributed by atoms with Gasteiger partial charge in [-0.3, -0.25) is 13.8 Å². The van der Waals surface area contributed by atoms with Crippen molar-refractivity contribution in [2.24, 2.45) is 5.73 Å². The van der Waals surface area contributed by atoms with Crippen molar-refractivity contribution in [1.82, 2.24) is 0 Å². The van der Waals surface area contributed by atoms with Gasteiger partial charge in [-0.1, -0.05) is 239 Å². The van der Waals surface area contributed by atoms with Crippen molar-refractivity contribution < 1.29 is 32.8 Å². The Morgan fingerprint density at radius 2 is 0.786 bits per heavy atom. The molecule has 0 saturated heterocycles. The number of phosphoric acid groups is 1. The van der Waals surface area contributed by atoms with Crippen LogP contribution in [0.3, 0.4) is 0 Å². The molecule has 0 aliphatic carbocycles. The van der Waals surface area contributed by atoms with E-state index in [2.05, 4.69) is 13.8 Å². The summed E-state index contributed by atoms with van der Waals surface area (Å²) in [6.07, 6.45) is 48.4. The Morgan fingerprint density at radius 1 is 0.464 bits per heavy atom. The third-order valence-corrected chi connectivity index (χ3v) is 12.0. The molecule has 3 N–H and O–H groups in total. The van der Waals surface area contributed by atoms with E-state index in [0.29, 0.717) is 13.0 Å². The molecule has 0 saturated carbocycles. The summed E-state index contributed by atoms with van der Waals surface area (Å²) < 4.78 is 33.6. The van der Waals surface area contributed by atoms with Gasteiger partial charge in [0.2, 0.25) is 0 Å². The minimum atomic E-state index is -4.27. The van der Waals surface area contributed by atoms with Crippen LogP contribution in [0.15, 0.2) is 0 Å². The van der Waals surface area contributed by atoms with Gasteiger partial charge in [-0.05, 0) is 12.8 Å². The highest BCUT2D eigenvalue weighted by molar-refractivity contribution is 7.47. The number of carbonyl (C=O) groups is 1. The summed E-state index contributed by atoms with van der Waals surface area (Å²) in [5.41, 5.74) is 5.38. The molecule has 0 rings (SSSR count). The van der Waals surface area contributed by atoms with Crippen LogP contribution in [-0.2, 0) is 27.9 Å². The van der Waals surface area contributed by atoms with Gasteiger partial charge in [-0.2, -0.15) is 0 Å². The second-order valence-corrected chi connectivity index (χ2v) is 18.2. The van der Waals surface area contributed by atoms with Crippen LogP contribution in [0, 0.1) is 0 Å². The fourth-order valence-corrected chi connectivity index (χ4v) is 8.18. The van der Waals surface area contributed by atoms with Crippen LogP contribution >= 0.6 is 7.82 Å². The van der Waals surface area contributed by atoms with E-state index >= 15 is 0 Å². The van der Waals surface area contributed by atoms with Crippen LogP contribution in [0.25, 0.3) is 0 Å². The SMILES string of the molecule is CCCCCCCCCCCCCCCCCCCCCCOC[C@H](COP(=O)(O)OCCN)OC(=O)CCCCCCCCCCCCCCCCCCC. The zero-order valence-corrected chi connectivity index (χ0v) is 38.3. The number of ether oxygens (including phenoxy) is 2. The van der Waals surface area contributed by atoms with E-state index in [1.807, 2.05) is 0 Å². The lowest BCUT2D eigenvalue weighted by atomic mass is 10.0. The number of phosphoric ester groups is 1. The number of esters is 1. The van der Waals surface area contributed by atoms with E-state index < -0.39 is 13.9 Å². The van der Waals surface area contributed by atoms with E-state index in [1.54, 1.807) is 0 Å². The second kappa shape index (κ2) is 45.6. The molecule has 0 fully saturated rings. The van der Waals surface area contributed by atoms with Crippen molar-refractivity contribution in [1.29, 1.82) is 0 Å². The zero-order valence-electron chi connectivity index (χ0n) is 37.4. The highest BCUT2D eigenvalue weighted by atomic mass is 31.2. The summed E-state index contributed by atoms with van der Waals surface area (Å²) >= 11 is 0. The quantitative estimate of drug-likeness (QED) is 0.0354. The molecule has 1 unspecified atom stereocenters. The lowest BCUT2D eigenvalue weighted by Gasteiger charge is -2.20. The zero-order chi connectivity index (χ0) is 40.9. The summed E-state index contributed by atoms with van der Waals surface area (Å²) in [5.74, 6) is -0.322. The number of hydrogen-bond acceptors (Lipinski definition) is 7. The number of rotatable bonds is 48. The van der Waals surface area contributed by atoms with Crippen molar-refractivity contribution >= 4 is 13.8 Å². The lowest BCUT2D eigenvalue weighted by Crippen LogP contribution is -2.28. The Morgan fingerprint density at radius 3 is 1.12 bits per heavy atom. The van der Waals surface area contributed by atoms with Gasteiger partial charge >= 0.3 is 13.8 Å². The van der Waals surface area contributed by atoms with Crippen LogP contribution in [0.4, 0.5) is 0 Å². The average molecular weight is 818 g/mol. The predicted octanol–water partition coefficient (Wildman–Crippen LogP) is 14.9. The Hall–Kier alpha value is -0.500. The molecule has 0 bridgehead atoms. The topological polar surface area (TPSA) is 117 Å². The molecular formula is C47H96NO7P. The Labute approximate surface area is 348 Å². The largest absolute Gasteiger partial charge is 0.472 e. The summed E-state index contributed by atoms with van der Waals surface area (Å²) in [4.78, 5) is 22.5. The lowest BCUT2D eigenvalue weighted by molar-refractivity contribution is -0.154. The van der Waals surface area contributed by atoms with E-state index in [9.17, 15) is 14.3 Å². The fraction of sp³-hybridized carbons (Fsp3) is 0.979. The molecule has 56 heavy (non-hydrogen) atoms. The standard InChI is InChI=1S/C47H96NO7P/c1-3-5-7-9-11-13-15-17-19-21-22-23-25-27-29-31-33-35-37-39-42-52-44-46(45-54-56(50,51)53-43-41-48)55-47(49)40-38-36-34-32-30-28-26-24-20-18-16-14-12-10-8-6-4-2/h46H,3-45,48H2,1-2H3,(H,50,51)/t46-/m1/s1. The molecule has 8 nitrogen and oxygen atoms in total. The maximum absolute atomic E-state index is 12.6. The van der Waals surface area contributed by atoms with Gasteiger partial charge in [0.15, 0.2) is 0 Å².